The Morgan fingerprint density at radius 3 is 2.90 bits per heavy atom. The van der Waals surface area contributed by atoms with Gasteiger partial charge < -0.3 is 20.5 Å². The lowest BCUT2D eigenvalue weighted by Gasteiger charge is -2.10. The Labute approximate surface area is 116 Å². The molecular weight excluding hydrogens is 254 g/mol. The van der Waals surface area contributed by atoms with E-state index in [9.17, 15) is 0 Å². The smallest absolute Gasteiger partial charge is 0.132 e. The van der Waals surface area contributed by atoms with Gasteiger partial charge in [-0.1, -0.05) is 0 Å². The van der Waals surface area contributed by atoms with Gasteiger partial charge in [-0.2, -0.15) is 0 Å². The summed E-state index contributed by atoms with van der Waals surface area (Å²) in [6.45, 7) is 0. The first-order valence-corrected chi connectivity index (χ1v) is 6.63. The van der Waals surface area contributed by atoms with Crippen LogP contribution in [0.4, 0.5) is 5.82 Å². The van der Waals surface area contributed by atoms with Crippen molar-refractivity contribution in [3.8, 4) is 17.2 Å². The third-order valence-electron chi connectivity index (χ3n) is 3.88. The van der Waals surface area contributed by atoms with E-state index in [0.717, 1.165) is 11.5 Å². The first kappa shape index (κ1) is 11.5. The lowest BCUT2D eigenvalue weighted by molar-refractivity contribution is 0.303. The summed E-state index contributed by atoms with van der Waals surface area (Å²) in [6.07, 6.45) is 1.91. The van der Waals surface area contributed by atoms with Crippen LogP contribution < -0.4 is 20.5 Å². The molecule has 3 N–H and O–H groups in total. The SMILES string of the molecule is CN[C@@H]1C2Oc3ccc(Oc4ccnc(N)c4)cc3C21. The summed E-state index contributed by atoms with van der Waals surface area (Å²) in [6, 6.07) is 9.85. The number of hydrogen-bond acceptors (Lipinski definition) is 5. The summed E-state index contributed by atoms with van der Waals surface area (Å²) in [5, 5.41) is 3.27. The molecule has 0 radical (unpaired) electrons. The number of hydrogen-bond donors (Lipinski definition) is 2. The summed E-state index contributed by atoms with van der Waals surface area (Å²) in [5.74, 6) is 3.34. The van der Waals surface area contributed by atoms with Gasteiger partial charge in [0.1, 0.15) is 29.2 Å². The van der Waals surface area contributed by atoms with E-state index in [1.54, 1.807) is 18.3 Å². The van der Waals surface area contributed by atoms with Crippen molar-refractivity contribution in [3.05, 3.63) is 42.1 Å². The van der Waals surface area contributed by atoms with E-state index in [0.29, 0.717) is 23.5 Å². The largest absolute Gasteiger partial charge is 0.488 e. The number of pyridine rings is 1. The Kier molecular flexibility index (Phi) is 2.37. The van der Waals surface area contributed by atoms with Crippen LogP contribution in [0.25, 0.3) is 0 Å². The molecule has 1 saturated carbocycles. The molecular formula is C15H15N3O2. The number of ether oxygens (including phenoxy) is 2. The average molecular weight is 269 g/mol. The van der Waals surface area contributed by atoms with E-state index in [2.05, 4.69) is 10.3 Å². The van der Waals surface area contributed by atoms with Crippen LogP contribution in [0.1, 0.15) is 11.5 Å². The molecule has 1 aromatic carbocycles. The van der Waals surface area contributed by atoms with E-state index in [4.69, 9.17) is 15.2 Å². The standard InChI is InChI=1S/C15H15N3O2/c1-17-14-13-10-6-8(2-3-11(10)20-15(13)14)19-9-4-5-18-12(16)7-9/h2-7,13-15,17H,1H3,(H2,16,18)/t13?,14-,15?/m0/s1. The molecule has 2 unspecified atom stereocenters. The molecule has 2 aliphatic rings. The number of nitrogens with one attached hydrogen (secondary N) is 1. The van der Waals surface area contributed by atoms with Crippen molar-refractivity contribution < 1.29 is 9.47 Å². The highest BCUT2D eigenvalue weighted by Crippen LogP contribution is 2.54. The Morgan fingerprint density at radius 2 is 2.10 bits per heavy atom. The predicted molar refractivity (Wildman–Crippen MR) is 75.2 cm³/mol. The van der Waals surface area contributed by atoms with Gasteiger partial charge in [0.05, 0.1) is 6.04 Å². The van der Waals surface area contributed by atoms with Crippen LogP contribution in [0.5, 0.6) is 17.2 Å². The third-order valence-corrected chi connectivity index (χ3v) is 3.88. The average Bonchev–Trinajstić information content (AvgIpc) is 3.01. The fraction of sp³-hybridized carbons (Fsp3) is 0.267. The van der Waals surface area contributed by atoms with Crippen LogP contribution in [0.15, 0.2) is 36.5 Å². The summed E-state index contributed by atoms with van der Waals surface area (Å²) < 4.78 is 11.7. The lowest BCUT2D eigenvalue weighted by atomic mass is 10.1. The molecule has 1 aliphatic heterocycles. The second kappa shape index (κ2) is 4.11. The van der Waals surface area contributed by atoms with Gasteiger partial charge in [0.2, 0.25) is 0 Å². The molecule has 4 rings (SSSR count). The van der Waals surface area contributed by atoms with Gasteiger partial charge in [0, 0.05) is 23.7 Å². The van der Waals surface area contributed by atoms with Gasteiger partial charge in [-0.15, -0.1) is 0 Å². The Balaban J connectivity index is 1.60. The van der Waals surface area contributed by atoms with Crippen molar-refractivity contribution in [2.24, 2.45) is 0 Å². The maximum Gasteiger partial charge on any atom is 0.132 e. The fourth-order valence-corrected chi connectivity index (χ4v) is 2.88. The first-order chi connectivity index (χ1) is 9.76. The Morgan fingerprint density at radius 1 is 1.25 bits per heavy atom. The van der Waals surface area contributed by atoms with E-state index in [-0.39, 0.29) is 6.10 Å². The van der Waals surface area contributed by atoms with Crippen molar-refractivity contribution >= 4 is 5.82 Å². The van der Waals surface area contributed by atoms with Crippen LogP contribution in [0.2, 0.25) is 0 Å². The topological polar surface area (TPSA) is 69.4 Å². The third kappa shape index (κ3) is 1.71. The quantitative estimate of drug-likeness (QED) is 0.890. The van der Waals surface area contributed by atoms with Crippen LogP contribution in [-0.2, 0) is 0 Å². The highest BCUT2D eigenvalue weighted by atomic mass is 16.5. The second-order valence-electron chi connectivity index (χ2n) is 5.14. The van der Waals surface area contributed by atoms with Crippen LogP contribution >= 0.6 is 0 Å². The predicted octanol–water partition coefficient (Wildman–Crippen LogP) is 1.90. The molecule has 0 saturated heterocycles. The minimum Gasteiger partial charge on any atom is -0.488 e. The summed E-state index contributed by atoms with van der Waals surface area (Å²) in [5.41, 5.74) is 6.86. The Bertz CT molecular complexity index is 674. The molecule has 5 nitrogen and oxygen atoms in total. The number of nitrogens with two attached hydrogens (primary N) is 1. The fourth-order valence-electron chi connectivity index (χ4n) is 2.88. The van der Waals surface area contributed by atoms with Crippen LogP contribution in [0.3, 0.4) is 0 Å². The summed E-state index contributed by atoms with van der Waals surface area (Å²) in [4.78, 5) is 3.95. The number of rotatable bonds is 3. The van der Waals surface area contributed by atoms with Gasteiger partial charge in [-0.05, 0) is 31.3 Å². The molecule has 0 amide bonds. The number of fused-ring (bicyclic) bond motifs is 3. The molecule has 2 aromatic rings. The number of likely N-dealkylation sites (N-methyl/N-ethyl adjacent to an activating group) is 1. The van der Waals surface area contributed by atoms with Gasteiger partial charge in [0.15, 0.2) is 0 Å². The Hall–Kier alpha value is -2.27. The highest BCUT2D eigenvalue weighted by molar-refractivity contribution is 5.53. The van der Waals surface area contributed by atoms with E-state index < -0.39 is 0 Å². The van der Waals surface area contributed by atoms with E-state index >= 15 is 0 Å². The summed E-state index contributed by atoms with van der Waals surface area (Å²) in [7, 11) is 1.96. The van der Waals surface area contributed by atoms with Crippen molar-refractivity contribution in [1.82, 2.24) is 10.3 Å². The number of nitrogen functional groups attached to an aromatic ring is 1. The summed E-state index contributed by atoms with van der Waals surface area (Å²) >= 11 is 0. The zero-order chi connectivity index (χ0) is 13.7. The highest BCUT2D eigenvalue weighted by Gasteiger charge is 2.58. The zero-order valence-electron chi connectivity index (χ0n) is 11.0. The lowest BCUT2D eigenvalue weighted by Crippen LogP contribution is -2.18. The molecule has 3 atom stereocenters. The normalized spacial score (nSPS) is 25.6. The first-order valence-electron chi connectivity index (χ1n) is 6.63. The van der Waals surface area contributed by atoms with Crippen molar-refractivity contribution in [2.75, 3.05) is 12.8 Å². The van der Waals surface area contributed by atoms with Gasteiger partial charge in [-0.3, -0.25) is 0 Å². The van der Waals surface area contributed by atoms with Gasteiger partial charge in [0.25, 0.3) is 0 Å². The van der Waals surface area contributed by atoms with Crippen molar-refractivity contribution in [1.29, 1.82) is 0 Å². The zero-order valence-corrected chi connectivity index (χ0v) is 11.0. The van der Waals surface area contributed by atoms with E-state index in [1.165, 1.54) is 5.56 Å². The second-order valence-corrected chi connectivity index (χ2v) is 5.14. The number of aromatic nitrogens is 1. The monoisotopic (exact) mass is 269 g/mol. The molecule has 5 heteroatoms. The molecule has 102 valence electrons. The van der Waals surface area contributed by atoms with Gasteiger partial charge >= 0.3 is 0 Å². The minimum atomic E-state index is 0.279. The minimum absolute atomic E-state index is 0.279. The molecule has 2 heterocycles. The molecule has 1 fully saturated rings. The maximum atomic E-state index is 5.86. The van der Waals surface area contributed by atoms with E-state index in [1.807, 2.05) is 25.2 Å². The number of benzene rings is 1. The molecule has 20 heavy (non-hydrogen) atoms. The molecule has 0 bridgehead atoms. The van der Waals surface area contributed by atoms with Crippen LogP contribution in [-0.4, -0.2) is 24.2 Å². The number of nitrogens with zero attached hydrogens (tertiary/aromatic N) is 1. The van der Waals surface area contributed by atoms with Crippen LogP contribution in [0, 0.1) is 0 Å². The van der Waals surface area contributed by atoms with Crippen molar-refractivity contribution in [3.63, 3.8) is 0 Å². The molecule has 0 spiro atoms. The van der Waals surface area contributed by atoms with Crippen molar-refractivity contribution in [2.45, 2.75) is 18.1 Å². The molecule has 1 aromatic heterocycles. The number of anilines is 1. The maximum absolute atomic E-state index is 5.86. The molecule has 1 aliphatic carbocycles. The van der Waals surface area contributed by atoms with Gasteiger partial charge in [-0.25, -0.2) is 4.98 Å².